The van der Waals surface area contributed by atoms with Crippen LogP contribution in [0.2, 0.25) is 0 Å². The number of amides is 1. The summed E-state index contributed by atoms with van der Waals surface area (Å²) in [5, 5.41) is 2.55. The number of nitrogens with zero attached hydrogens (tertiary/aromatic N) is 1. The summed E-state index contributed by atoms with van der Waals surface area (Å²) >= 11 is 0. The van der Waals surface area contributed by atoms with E-state index < -0.39 is 17.6 Å². The van der Waals surface area contributed by atoms with E-state index in [9.17, 15) is 13.6 Å². The smallest absolute Gasteiger partial charge is 0.412 e. The first-order valence-corrected chi connectivity index (χ1v) is 6.48. The average Bonchev–Trinajstić information content (AvgIpc) is 2.24. The Morgan fingerprint density at radius 1 is 1.40 bits per heavy atom. The summed E-state index contributed by atoms with van der Waals surface area (Å²) in [7, 11) is 0. The number of ether oxygens (including phenoxy) is 1. The molecule has 1 aromatic rings. The van der Waals surface area contributed by atoms with Gasteiger partial charge in [-0.15, -0.1) is 0 Å². The second-order valence-electron chi connectivity index (χ2n) is 6.06. The van der Waals surface area contributed by atoms with E-state index >= 15 is 0 Å². The van der Waals surface area contributed by atoms with Crippen molar-refractivity contribution in [3.63, 3.8) is 0 Å². The zero-order valence-electron chi connectivity index (χ0n) is 11.7. The van der Waals surface area contributed by atoms with Gasteiger partial charge in [0.15, 0.2) is 0 Å². The molecule has 1 fully saturated rings. The number of carbonyl (C=O) groups is 1. The van der Waals surface area contributed by atoms with Gasteiger partial charge in [-0.25, -0.2) is 13.6 Å². The fourth-order valence-corrected chi connectivity index (χ4v) is 2.01. The Hall–Kier alpha value is -1.72. The average molecular weight is 284 g/mol. The van der Waals surface area contributed by atoms with Crippen molar-refractivity contribution in [3.8, 4) is 0 Å². The van der Waals surface area contributed by atoms with Crippen LogP contribution in [-0.2, 0) is 4.74 Å². The number of pyridine rings is 1. The normalized spacial score (nSPS) is 18.2. The Morgan fingerprint density at radius 2 is 2.05 bits per heavy atom. The lowest BCUT2D eigenvalue weighted by molar-refractivity contribution is -0.0876. The van der Waals surface area contributed by atoms with Crippen molar-refractivity contribution in [2.75, 3.05) is 5.32 Å². The number of hydrogen-bond acceptors (Lipinski definition) is 3. The predicted molar refractivity (Wildman–Crippen MR) is 71.0 cm³/mol. The van der Waals surface area contributed by atoms with Crippen molar-refractivity contribution in [2.45, 2.75) is 51.1 Å². The highest BCUT2D eigenvalue weighted by Gasteiger charge is 2.46. The van der Waals surface area contributed by atoms with E-state index in [1.807, 2.05) is 0 Å². The lowest BCUT2D eigenvalue weighted by Gasteiger charge is -2.34. The fourth-order valence-electron chi connectivity index (χ4n) is 2.01. The van der Waals surface area contributed by atoms with E-state index in [4.69, 9.17) is 4.74 Å². The van der Waals surface area contributed by atoms with Crippen molar-refractivity contribution in [2.24, 2.45) is 0 Å². The quantitative estimate of drug-likeness (QED) is 0.894. The topological polar surface area (TPSA) is 51.2 Å². The molecule has 0 radical (unpaired) electrons. The Balaban J connectivity index is 1.91. The van der Waals surface area contributed by atoms with Gasteiger partial charge in [0.05, 0.1) is 11.9 Å². The standard InChI is InChI=1S/C14H18F2N2O2/c1-13(2,3)20-12(19)18-10-4-5-11(17-8-10)9-6-14(15,16)7-9/h4-5,8-9H,6-7H2,1-3H3,(H,18,19). The van der Waals surface area contributed by atoms with E-state index in [1.54, 1.807) is 32.9 Å². The van der Waals surface area contributed by atoms with Crippen LogP contribution >= 0.6 is 0 Å². The lowest BCUT2D eigenvalue weighted by Crippen LogP contribution is -2.34. The highest BCUT2D eigenvalue weighted by atomic mass is 19.3. The first-order chi connectivity index (χ1) is 9.15. The molecule has 0 atom stereocenters. The zero-order valence-corrected chi connectivity index (χ0v) is 11.7. The number of aromatic nitrogens is 1. The number of alkyl halides is 2. The first-order valence-electron chi connectivity index (χ1n) is 6.48. The summed E-state index contributed by atoms with van der Waals surface area (Å²) in [6.07, 6.45) is 0.579. The molecule has 1 aliphatic rings. The van der Waals surface area contributed by atoms with Gasteiger partial charge in [-0.2, -0.15) is 0 Å². The summed E-state index contributed by atoms with van der Waals surface area (Å²) in [6, 6.07) is 3.30. The molecular weight excluding hydrogens is 266 g/mol. The van der Waals surface area contributed by atoms with Crippen molar-refractivity contribution in [1.82, 2.24) is 4.98 Å². The second-order valence-corrected chi connectivity index (χ2v) is 6.06. The molecule has 1 aromatic heterocycles. The highest BCUT2D eigenvalue weighted by Crippen LogP contribution is 2.47. The molecule has 1 aliphatic carbocycles. The Labute approximate surface area is 116 Å². The molecule has 110 valence electrons. The minimum absolute atomic E-state index is 0.154. The van der Waals surface area contributed by atoms with Gasteiger partial charge in [-0.05, 0) is 32.9 Å². The molecule has 0 spiro atoms. The van der Waals surface area contributed by atoms with E-state index in [-0.39, 0.29) is 18.8 Å². The molecule has 0 aromatic carbocycles. The van der Waals surface area contributed by atoms with Gasteiger partial charge in [-0.3, -0.25) is 10.3 Å². The summed E-state index contributed by atoms with van der Waals surface area (Å²) in [5.74, 6) is -2.75. The fraction of sp³-hybridized carbons (Fsp3) is 0.571. The Morgan fingerprint density at radius 3 is 2.50 bits per heavy atom. The summed E-state index contributed by atoms with van der Waals surface area (Å²) in [5.41, 5.74) is 0.536. The monoisotopic (exact) mass is 284 g/mol. The van der Waals surface area contributed by atoms with Crippen LogP contribution in [0.15, 0.2) is 18.3 Å². The maximum atomic E-state index is 12.8. The largest absolute Gasteiger partial charge is 0.444 e. The van der Waals surface area contributed by atoms with Gasteiger partial charge in [0.1, 0.15) is 5.60 Å². The SMILES string of the molecule is CC(C)(C)OC(=O)Nc1ccc(C2CC(F)(F)C2)nc1. The highest BCUT2D eigenvalue weighted by molar-refractivity contribution is 5.84. The van der Waals surface area contributed by atoms with Crippen molar-refractivity contribution >= 4 is 11.8 Å². The predicted octanol–water partition coefficient (Wildman–Crippen LogP) is 3.94. The van der Waals surface area contributed by atoms with Crippen LogP contribution < -0.4 is 5.32 Å². The van der Waals surface area contributed by atoms with Crippen LogP contribution in [0.25, 0.3) is 0 Å². The molecule has 0 aliphatic heterocycles. The van der Waals surface area contributed by atoms with E-state index in [1.165, 1.54) is 6.20 Å². The minimum atomic E-state index is -2.56. The number of rotatable bonds is 2. The van der Waals surface area contributed by atoms with Gasteiger partial charge >= 0.3 is 6.09 Å². The maximum Gasteiger partial charge on any atom is 0.412 e. The van der Waals surface area contributed by atoms with Crippen LogP contribution in [0.3, 0.4) is 0 Å². The van der Waals surface area contributed by atoms with Gasteiger partial charge in [0.25, 0.3) is 0 Å². The van der Waals surface area contributed by atoms with Crippen LogP contribution in [0.1, 0.15) is 45.2 Å². The molecule has 0 unspecified atom stereocenters. The van der Waals surface area contributed by atoms with Crippen LogP contribution in [-0.4, -0.2) is 22.6 Å². The van der Waals surface area contributed by atoms with Crippen molar-refractivity contribution in [3.05, 3.63) is 24.0 Å². The molecule has 20 heavy (non-hydrogen) atoms. The van der Waals surface area contributed by atoms with Crippen LogP contribution in [0.5, 0.6) is 0 Å². The second kappa shape index (κ2) is 5.00. The molecular formula is C14H18F2N2O2. The molecule has 0 saturated heterocycles. The molecule has 1 N–H and O–H groups in total. The number of halogens is 2. The van der Waals surface area contributed by atoms with Gasteiger partial charge in [-0.1, -0.05) is 0 Å². The molecule has 4 nitrogen and oxygen atoms in total. The van der Waals surface area contributed by atoms with Crippen molar-refractivity contribution < 1.29 is 18.3 Å². The molecule has 2 rings (SSSR count). The Bertz CT molecular complexity index is 487. The van der Waals surface area contributed by atoms with Crippen LogP contribution in [0.4, 0.5) is 19.3 Å². The van der Waals surface area contributed by atoms with E-state index in [0.717, 1.165) is 0 Å². The van der Waals surface area contributed by atoms with Crippen LogP contribution in [0, 0.1) is 0 Å². The molecule has 0 bridgehead atoms. The third-order valence-electron chi connectivity index (χ3n) is 2.94. The zero-order chi connectivity index (χ0) is 15.0. The Kier molecular flexibility index (Phi) is 3.67. The van der Waals surface area contributed by atoms with E-state index in [2.05, 4.69) is 10.3 Å². The number of nitrogens with one attached hydrogen (secondary N) is 1. The summed E-state index contributed by atoms with van der Waals surface area (Å²) in [4.78, 5) is 15.7. The number of hydrogen-bond donors (Lipinski definition) is 1. The van der Waals surface area contributed by atoms with Gasteiger partial charge in [0, 0.05) is 24.5 Å². The molecule has 1 saturated carbocycles. The van der Waals surface area contributed by atoms with Gasteiger partial charge < -0.3 is 4.74 Å². The number of carbonyl (C=O) groups excluding carboxylic acids is 1. The van der Waals surface area contributed by atoms with E-state index in [0.29, 0.717) is 11.4 Å². The van der Waals surface area contributed by atoms with Crippen molar-refractivity contribution in [1.29, 1.82) is 0 Å². The van der Waals surface area contributed by atoms with Gasteiger partial charge in [0.2, 0.25) is 5.92 Å². The molecule has 1 heterocycles. The molecule has 6 heteroatoms. The molecule has 1 amide bonds. The third-order valence-corrected chi connectivity index (χ3v) is 2.94. The third kappa shape index (κ3) is 3.88. The number of anilines is 1. The minimum Gasteiger partial charge on any atom is -0.444 e. The summed E-state index contributed by atoms with van der Waals surface area (Å²) in [6.45, 7) is 5.31. The summed E-state index contributed by atoms with van der Waals surface area (Å²) < 4.78 is 30.7. The maximum absolute atomic E-state index is 12.8. The first kappa shape index (κ1) is 14.7. The lowest BCUT2D eigenvalue weighted by atomic mass is 9.79.